The zero-order valence-corrected chi connectivity index (χ0v) is 15.5. The number of hydrogen-bond donors (Lipinski definition) is 1. The Bertz CT molecular complexity index is 793. The van der Waals surface area contributed by atoms with Crippen LogP contribution in [0.3, 0.4) is 0 Å². The van der Waals surface area contributed by atoms with Crippen molar-refractivity contribution >= 4 is 29.4 Å². The van der Waals surface area contributed by atoms with Gasteiger partial charge in [-0.2, -0.15) is 0 Å². The smallest absolute Gasteiger partial charge is 0.354 e. The minimum atomic E-state index is -1.54. The van der Waals surface area contributed by atoms with E-state index in [0.717, 1.165) is 6.42 Å². The Balaban J connectivity index is 2.08. The standard InChI is InChI=1S/C19H23N3O5/c1-3-4-11-21-17(25)13-7-5-6-8-14(13)22-16(24)9-10-19(21,22)18(26)27-12-15(23)20-2/h5-8H,3-4,9-12H2,1-2H3,(H,20,23)/t19-/m0/s1. The van der Waals surface area contributed by atoms with Crippen molar-refractivity contribution in [3.8, 4) is 0 Å². The van der Waals surface area contributed by atoms with Crippen LogP contribution in [0.2, 0.25) is 0 Å². The molecular weight excluding hydrogens is 350 g/mol. The molecule has 8 heteroatoms. The van der Waals surface area contributed by atoms with Crippen LogP contribution in [-0.4, -0.2) is 54.5 Å². The number of carbonyl (C=O) groups excluding carboxylic acids is 4. The van der Waals surface area contributed by atoms with Gasteiger partial charge in [-0.3, -0.25) is 19.3 Å². The molecule has 3 rings (SSSR count). The van der Waals surface area contributed by atoms with Gasteiger partial charge in [-0.1, -0.05) is 25.5 Å². The third kappa shape index (κ3) is 2.94. The van der Waals surface area contributed by atoms with Crippen LogP contribution in [0.1, 0.15) is 43.0 Å². The van der Waals surface area contributed by atoms with E-state index in [9.17, 15) is 19.2 Å². The molecular formula is C19H23N3O5. The maximum Gasteiger partial charge on any atom is 0.354 e. The van der Waals surface area contributed by atoms with Gasteiger partial charge in [0.2, 0.25) is 11.6 Å². The van der Waals surface area contributed by atoms with Crippen LogP contribution in [-0.2, 0) is 19.1 Å². The van der Waals surface area contributed by atoms with Crippen molar-refractivity contribution in [2.24, 2.45) is 0 Å². The van der Waals surface area contributed by atoms with E-state index in [0.29, 0.717) is 24.2 Å². The van der Waals surface area contributed by atoms with E-state index in [-0.39, 0.29) is 24.7 Å². The van der Waals surface area contributed by atoms with Crippen molar-refractivity contribution in [1.29, 1.82) is 0 Å². The fourth-order valence-electron chi connectivity index (χ4n) is 3.69. The Morgan fingerprint density at radius 2 is 2.00 bits per heavy atom. The van der Waals surface area contributed by atoms with Gasteiger partial charge in [-0.15, -0.1) is 0 Å². The highest BCUT2D eigenvalue weighted by Crippen LogP contribution is 2.45. The first-order valence-corrected chi connectivity index (χ1v) is 9.09. The second-order valence-electron chi connectivity index (χ2n) is 6.62. The molecule has 1 atom stereocenters. The molecule has 3 amide bonds. The second kappa shape index (κ2) is 7.38. The van der Waals surface area contributed by atoms with Gasteiger partial charge in [0.05, 0.1) is 11.3 Å². The number of anilines is 1. The summed E-state index contributed by atoms with van der Waals surface area (Å²) in [6.07, 6.45) is 1.77. The van der Waals surface area contributed by atoms with Gasteiger partial charge in [0, 0.05) is 26.4 Å². The number of nitrogens with one attached hydrogen (secondary N) is 1. The topological polar surface area (TPSA) is 96.0 Å². The van der Waals surface area contributed by atoms with E-state index >= 15 is 0 Å². The summed E-state index contributed by atoms with van der Waals surface area (Å²) < 4.78 is 5.22. The lowest BCUT2D eigenvalue weighted by Gasteiger charge is -2.48. The largest absolute Gasteiger partial charge is 0.452 e. The lowest BCUT2D eigenvalue weighted by atomic mass is 9.96. The molecule has 2 aliphatic rings. The Kier molecular flexibility index (Phi) is 5.16. The molecule has 0 aliphatic carbocycles. The predicted molar refractivity (Wildman–Crippen MR) is 96.9 cm³/mol. The number of esters is 1. The molecule has 8 nitrogen and oxygen atoms in total. The van der Waals surface area contributed by atoms with Crippen LogP contribution in [0.4, 0.5) is 5.69 Å². The molecule has 2 heterocycles. The fourth-order valence-corrected chi connectivity index (χ4v) is 3.69. The first kappa shape index (κ1) is 18.9. The normalized spacial score (nSPS) is 21.0. The minimum absolute atomic E-state index is 0.124. The van der Waals surface area contributed by atoms with Crippen molar-refractivity contribution < 1.29 is 23.9 Å². The lowest BCUT2D eigenvalue weighted by molar-refractivity contribution is -0.160. The molecule has 1 saturated heterocycles. The average molecular weight is 373 g/mol. The van der Waals surface area contributed by atoms with Crippen LogP contribution in [0.5, 0.6) is 0 Å². The molecule has 1 aromatic rings. The van der Waals surface area contributed by atoms with Crippen LogP contribution >= 0.6 is 0 Å². The number of hydrogen-bond acceptors (Lipinski definition) is 5. The lowest BCUT2D eigenvalue weighted by Crippen LogP contribution is -2.68. The SMILES string of the molecule is CCCCN1C(=O)c2ccccc2N2C(=O)CC[C@]12C(=O)OCC(=O)NC. The molecule has 0 spiro atoms. The summed E-state index contributed by atoms with van der Waals surface area (Å²) in [6.45, 7) is 1.84. The van der Waals surface area contributed by atoms with Gasteiger partial charge in [-0.05, 0) is 18.6 Å². The molecule has 144 valence electrons. The molecule has 1 aromatic carbocycles. The van der Waals surface area contributed by atoms with Crippen molar-refractivity contribution in [3.63, 3.8) is 0 Å². The zero-order valence-electron chi connectivity index (χ0n) is 15.5. The van der Waals surface area contributed by atoms with Crippen molar-refractivity contribution in [1.82, 2.24) is 10.2 Å². The van der Waals surface area contributed by atoms with Crippen LogP contribution < -0.4 is 10.2 Å². The van der Waals surface area contributed by atoms with E-state index in [1.165, 1.54) is 16.8 Å². The Morgan fingerprint density at radius 1 is 1.26 bits per heavy atom. The van der Waals surface area contributed by atoms with Gasteiger partial charge < -0.3 is 15.0 Å². The molecule has 1 fully saturated rings. The van der Waals surface area contributed by atoms with Gasteiger partial charge >= 0.3 is 5.97 Å². The maximum atomic E-state index is 13.2. The van der Waals surface area contributed by atoms with Gasteiger partial charge in [0.25, 0.3) is 11.8 Å². The maximum absolute atomic E-state index is 13.2. The summed E-state index contributed by atoms with van der Waals surface area (Å²) in [5.41, 5.74) is -0.737. The Labute approximate surface area is 157 Å². The molecule has 0 unspecified atom stereocenters. The third-order valence-corrected chi connectivity index (χ3v) is 5.05. The fraction of sp³-hybridized carbons (Fsp3) is 0.474. The molecule has 27 heavy (non-hydrogen) atoms. The third-order valence-electron chi connectivity index (χ3n) is 5.05. The summed E-state index contributed by atoms with van der Waals surface area (Å²) in [5.74, 6) is -1.76. The average Bonchev–Trinajstić information content (AvgIpc) is 3.04. The highest BCUT2D eigenvalue weighted by molar-refractivity contribution is 6.15. The second-order valence-corrected chi connectivity index (χ2v) is 6.62. The monoisotopic (exact) mass is 373 g/mol. The van der Waals surface area contributed by atoms with Crippen LogP contribution in [0.25, 0.3) is 0 Å². The van der Waals surface area contributed by atoms with Crippen LogP contribution in [0.15, 0.2) is 24.3 Å². The highest BCUT2D eigenvalue weighted by atomic mass is 16.5. The number of nitrogens with zero attached hydrogens (tertiary/aromatic N) is 2. The highest BCUT2D eigenvalue weighted by Gasteiger charge is 2.61. The first-order valence-electron chi connectivity index (χ1n) is 9.09. The van der Waals surface area contributed by atoms with E-state index < -0.39 is 24.1 Å². The molecule has 1 N–H and O–H groups in total. The number of ether oxygens (including phenoxy) is 1. The van der Waals surface area contributed by atoms with E-state index in [1.54, 1.807) is 24.3 Å². The molecule has 0 radical (unpaired) electrons. The van der Waals surface area contributed by atoms with Crippen molar-refractivity contribution in [2.75, 3.05) is 25.1 Å². The van der Waals surface area contributed by atoms with Crippen molar-refractivity contribution in [2.45, 2.75) is 38.3 Å². The number of amides is 3. The number of unbranched alkanes of at least 4 members (excludes halogenated alkanes) is 1. The molecule has 0 bridgehead atoms. The summed E-state index contributed by atoms with van der Waals surface area (Å²) in [6, 6.07) is 6.77. The number of fused-ring (bicyclic) bond motifs is 3. The quantitative estimate of drug-likeness (QED) is 0.752. The van der Waals surface area contributed by atoms with Crippen molar-refractivity contribution in [3.05, 3.63) is 29.8 Å². The summed E-state index contributed by atoms with van der Waals surface area (Å²) in [5, 5.41) is 2.38. The molecule has 2 aliphatic heterocycles. The van der Waals surface area contributed by atoms with Gasteiger partial charge in [0.15, 0.2) is 6.61 Å². The number of para-hydroxylation sites is 1. The predicted octanol–water partition coefficient (Wildman–Crippen LogP) is 1.05. The Morgan fingerprint density at radius 3 is 2.70 bits per heavy atom. The van der Waals surface area contributed by atoms with E-state index in [4.69, 9.17) is 4.74 Å². The van der Waals surface area contributed by atoms with Crippen LogP contribution in [0, 0.1) is 0 Å². The number of benzene rings is 1. The summed E-state index contributed by atoms with van der Waals surface area (Å²) in [7, 11) is 1.44. The number of carbonyl (C=O) groups is 4. The Hall–Kier alpha value is -2.90. The van der Waals surface area contributed by atoms with E-state index in [1.807, 2.05) is 6.92 Å². The van der Waals surface area contributed by atoms with Gasteiger partial charge in [-0.25, -0.2) is 4.79 Å². The first-order chi connectivity index (χ1) is 13.0. The minimum Gasteiger partial charge on any atom is -0.452 e. The summed E-state index contributed by atoms with van der Waals surface area (Å²) in [4.78, 5) is 53.3. The number of likely N-dealkylation sites (N-methyl/N-ethyl adjacent to an activating group) is 1. The zero-order chi connectivity index (χ0) is 19.6. The summed E-state index contributed by atoms with van der Waals surface area (Å²) >= 11 is 0. The van der Waals surface area contributed by atoms with E-state index in [2.05, 4.69) is 5.32 Å². The molecule has 0 aromatic heterocycles. The number of rotatable bonds is 6. The molecule has 0 saturated carbocycles. The van der Waals surface area contributed by atoms with Gasteiger partial charge in [0.1, 0.15) is 0 Å².